The molecule has 2 aromatic rings. The molecule has 0 saturated heterocycles. The van der Waals surface area contributed by atoms with E-state index >= 15 is 0 Å². The Kier molecular flexibility index (Phi) is 7.26. The molecule has 3 aliphatic heterocycles. The molecule has 10 nitrogen and oxygen atoms in total. The number of aliphatic imine (C=N–C) groups is 1. The minimum absolute atomic E-state index is 0.138. The van der Waals surface area contributed by atoms with E-state index in [1.165, 1.54) is 4.90 Å². The summed E-state index contributed by atoms with van der Waals surface area (Å²) in [6.07, 6.45) is 0.122. The number of carbonyl (C=O) groups is 2. The van der Waals surface area contributed by atoms with E-state index in [4.69, 9.17) is 24.9 Å². The first-order chi connectivity index (χ1) is 19.0. The summed E-state index contributed by atoms with van der Waals surface area (Å²) < 4.78 is 17.7. The lowest BCUT2D eigenvalue weighted by molar-refractivity contribution is -0.135. The van der Waals surface area contributed by atoms with Gasteiger partial charge in [-0.05, 0) is 51.0 Å². The molecule has 0 fully saturated rings. The molecule has 4 atom stereocenters. The number of nitrogens with zero attached hydrogens (tertiary/aromatic N) is 2. The molecule has 2 amide bonds. The molecule has 0 saturated carbocycles. The molecule has 0 spiro atoms. The molecule has 0 aromatic heterocycles. The standard InChI is InChI=1S/C30H38N4O6/c1-6-30(7-2)15-23(35)34(28(31)33-30)25-19-14-17(12-13-20(19)39-16-22(25)38-5)27(37)32-24-18-10-8-9-11-21(18)40-29(3,4)26(24)36/h8-14,22,24-26,36H,6-7,15-16H2,1-5H3,(H2,31,33)(H,32,37)/t22?,24-,25+,26+/m1/s1. The second-order valence-electron chi connectivity index (χ2n) is 11.3. The Labute approximate surface area is 234 Å². The van der Waals surface area contributed by atoms with Crippen LogP contribution in [0.2, 0.25) is 0 Å². The lowest BCUT2D eigenvalue weighted by atomic mass is 9.86. The fourth-order valence-electron chi connectivity index (χ4n) is 5.93. The van der Waals surface area contributed by atoms with Crippen molar-refractivity contribution in [3.63, 3.8) is 0 Å². The van der Waals surface area contributed by atoms with Crippen LogP contribution in [-0.2, 0) is 9.53 Å². The van der Waals surface area contributed by atoms with Crippen molar-refractivity contribution in [3.8, 4) is 11.5 Å². The van der Waals surface area contributed by atoms with Crippen LogP contribution in [0.5, 0.6) is 11.5 Å². The van der Waals surface area contributed by atoms with Crippen molar-refractivity contribution in [2.45, 2.75) is 82.4 Å². The van der Waals surface area contributed by atoms with Gasteiger partial charge >= 0.3 is 0 Å². The molecule has 0 bridgehead atoms. The van der Waals surface area contributed by atoms with Gasteiger partial charge in [-0.25, -0.2) is 4.99 Å². The summed E-state index contributed by atoms with van der Waals surface area (Å²) >= 11 is 0. The van der Waals surface area contributed by atoms with Gasteiger partial charge in [-0.15, -0.1) is 0 Å². The van der Waals surface area contributed by atoms with Gasteiger partial charge in [0.05, 0.1) is 24.0 Å². The summed E-state index contributed by atoms with van der Waals surface area (Å²) in [5, 5.41) is 14.1. The number of aliphatic hydroxyl groups is 1. The maximum atomic E-state index is 13.6. The number of fused-ring (bicyclic) bond motifs is 2. The Balaban J connectivity index is 1.50. The third kappa shape index (κ3) is 4.69. The fraction of sp³-hybridized carbons (Fsp3) is 0.500. The third-order valence-electron chi connectivity index (χ3n) is 8.53. The monoisotopic (exact) mass is 550 g/mol. The first kappa shape index (κ1) is 27.9. The van der Waals surface area contributed by atoms with Crippen LogP contribution >= 0.6 is 0 Å². The van der Waals surface area contributed by atoms with E-state index in [1.54, 1.807) is 39.2 Å². The number of benzene rings is 2. The zero-order chi connectivity index (χ0) is 28.8. The van der Waals surface area contributed by atoms with E-state index in [2.05, 4.69) is 5.32 Å². The molecular weight excluding hydrogens is 512 g/mol. The van der Waals surface area contributed by atoms with Gasteiger partial charge in [0.1, 0.15) is 35.9 Å². The summed E-state index contributed by atoms with van der Waals surface area (Å²) in [5.41, 5.74) is 6.65. The average molecular weight is 551 g/mol. The van der Waals surface area contributed by atoms with Crippen LogP contribution in [0.4, 0.5) is 0 Å². The van der Waals surface area contributed by atoms with Crippen molar-refractivity contribution in [1.82, 2.24) is 10.2 Å². The van der Waals surface area contributed by atoms with Crippen molar-refractivity contribution in [1.29, 1.82) is 0 Å². The SMILES string of the molecule is CCC1(CC)CC(=O)N([C@H]2c3cc(C(=O)N[C@@H]4c5ccccc5OC(C)(C)[C@H]4O)ccc3OCC2OC)C(N)=N1. The van der Waals surface area contributed by atoms with E-state index in [9.17, 15) is 14.7 Å². The van der Waals surface area contributed by atoms with Crippen molar-refractivity contribution >= 4 is 17.8 Å². The number of guanidine groups is 1. The predicted molar refractivity (Wildman–Crippen MR) is 149 cm³/mol. The summed E-state index contributed by atoms with van der Waals surface area (Å²) in [4.78, 5) is 33.4. The predicted octanol–water partition coefficient (Wildman–Crippen LogP) is 3.24. The number of aliphatic hydroxyl groups excluding tert-OH is 1. The van der Waals surface area contributed by atoms with Crippen LogP contribution in [0.3, 0.4) is 0 Å². The number of ether oxygens (including phenoxy) is 3. The molecule has 5 rings (SSSR count). The Bertz CT molecular complexity index is 1340. The Morgan fingerprint density at radius 1 is 1.18 bits per heavy atom. The van der Waals surface area contributed by atoms with Crippen LogP contribution in [0, 0.1) is 0 Å². The maximum absolute atomic E-state index is 13.6. The van der Waals surface area contributed by atoms with Crippen LogP contribution in [0.1, 0.15) is 80.5 Å². The lowest BCUT2D eigenvalue weighted by Crippen LogP contribution is -2.56. The summed E-state index contributed by atoms with van der Waals surface area (Å²) in [5.74, 6) is 0.753. The zero-order valence-corrected chi connectivity index (χ0v) is 23.6. The number of rotatable bonds is 6. The highest BCUT2D eigenvalue weighted by Gasteiger charge is 2.46. The number of nitrogens with one attached hydrogen (secondary N) is 1. The van der Waals surface area contributed by atoms with Crippen molar-refractivity contribution < 1.29 is 28.9 Å². The van der Waals surface area contributed by atoms with E-state index in [0.29, 0.717) is 41.0 Å². The minimum atomic E-state index is -0.989. The summed E-state index contributed by atoms with van der Waals surface area (Å²) in [7, 11) is 1.55. The zero-order valence-electron chi connectivity index (χ0n) is 23.6. The Morgan fingerprint density at radius 3 is 2.58 bits per heavy atom. The molecule has 2 aromatic carbocycles. The quantitative estimate of drug-likeness (QED) is 0.502. The first-order valence-corrected chi connectivity index (χ1v) is 13.8. The van der Waals surface area contributed by atoms with Gasteiger partial charge in [0.2, 0.25) is 5.91 Å². The number of amides is 2. The number of para-hydroxylation sites is 1. The van der Waals surface area contributed by atoms with Gasteiger partial charge in [0, 0.05) is 23.8 Å². The lowest BCUT2D eigenvalue weighted by Gasteiger charge is -2.44. The highest BCUT2D eigenvalue weighted by atomic mass is 16.5. The van der Waals surface area contributed by atoms with Crippen LogP contribution in [0.15, 0.2) is 47.5 Å². The Hall–Kier alpha value is -3.63. The molecule has 0 aliphatic carbocycles. The van der Waals surface area contributed by atoms with Gasteiger partial charge in [0.15, 0.2) is 5.96 Å². The molecule has 40 heavy (non-hydrogen) atoms. The molecule has 1 unspecified atom stereocenters. The number of hydrogen-bond acceptors (Lipinski definition) is 8. The molecule has 10 heteroatoms. The summed E-state index contributed by atoms with van der Waals surface area (Å²) in [6, 6.07) is 11.1. The second kappa shape index (κ2) is 10.4. The molecule has 3 aliphatic rings. The van der Waals surface area contributed by atoms with Crippen LogP contribution in [-0.4, -0.2) is 64.8 Å². The number of carbonyl (C=O) groups excluding carboxylic acids is 2. The van der Waals surface area contributed by atoms with Gasteiger partial charge in [-0.2, -0.15) is 0 Å². The molecule has 4 N–H and O–H groups in total. The third-order valence-corrected chi connectivity index (χ3v) is 8.53. The van der Waals surface area contributed by atoms with Gasteiger partial charge in [-0.1, -0.05) is 32.0 Å². The number of hydrogen-bond donors (Lipinski definition) is 3. The smallest absolute Gasteiger partial charge is 0.251 e. The fourth-order valence-corrected chi connectivity index (χ4v) is 5.93. The van der Waals surface area contributed by atoms with E-state index < -0.39 is 35.4 Å². The molecule has 3 heterocycles. The number of methoxy groups -OCH3 is 1. The van der Waals surface area contributed by atoms with Crippen molar-refractivity contribution in [2.75, 3.05) is 13.7 Å². The largest absolute Gasteiger partial charge is 0.490 e. The summed E-state index contributed by atoms with van der Waals surface area (Å²) in [6.45, 7) is 7.79. The van der Waals surface area contributed by atoms with Crippen molar-refractivity contribution in [3.05, 3.63) is 59.2 Å². The van der Waals surface area contributed by atoms with E-state index in [1.807, 2.05) is 38.1 Å². The Morgan fingerprint density at radius 2 is 1.90 bits per heavy atom. The van der Waals surface area contributed by atoms with Gasteiger partial charge in [-0.3, -0.25) is 14.5 Å². The molecular formula is C30H38N4O6. The highest BCUT2D eigenvalue weighted by Crippen LogP contribution is 2.42. The first-order valence-electron chi connectivity index (χ1n) is 13.8. The highest BCUT2D eigenvalue weighted by molar-refractivity contribution is 6.00. The minimum Gasteiger partial charge on any atom is -0.490 e. The average Bonchev–Trinajstić information content (AvgIpc) is 2.94. The van der Waals surface area contributed by atoms with Crippen LogP contribution < -0.4 is 20.5 Å². The van der Waals surface area contributed by atoms with E-state index in [0.717, 1.165) is 0 Å². The second-order valence-corrected chi connectivity index (χ2v) is 11.3. The normalized spacial score (nSPS) is 26.5. The molecule has 0 radical (unpaired) electrons. The maximum Gasteiger partial charge on any atom is 0.251 e. The van der Waals surface area contributed by atoms with Crippen LogP contribution in [0.25, 0.3) is 0 Å². The van der Waals surface area contributed by atoms with Crippen molar-refractivity contribution in [2.24, 2.45) is 10.7 Å². The van der Waals surface area contributed by atoms with Gasteiger partial charge in [0.25, 0.3) is 5.91 Å². The molecule has 214 valence electrons. The van der Waals surface area contributed by atoms with E-state index in [-0.39, 0.29) is 30.8 Å². The van der Waals surface area contributed by atoms with Gasteiger partial charge < -0.3 is 30.4 Å². The number of nitrogens with two attached hydrogens (primary N) is 1. The topological polar surface area (TPSA) is 136 Å².